The third-order valence-corrected chi connectivity index (χ3v) is 8.87. The van der Waals surface area contributed by atoms with Crippen molar-refractivity contribution >= 4 is 34.4 Å². The Hall–Kier alpha value is -4.43. The third kappa shape index (κ3) is 4.29. The zero-order chi connectivity index (χ0) is 29.0. The van der Waals surface area contributed by atoms with Gasteiger partial charge in [0, 0.05) is 36.2 Å². The SMILES string of the molecule is CC(C)c1ccc([C@H]2c3[nH]c4ccccc4c3C[C@H]3C(=O)N(c4ccccc4C(=O)NC[C@H]4CCCO4)C(=O)N23)cc1. The number of carbonyl (C=O) groups is 3. The Labute approximate surface area is 244 Å². The summed E-state index contributed by atoms with van der Waals surface area (Å²) in [6, 6.07) is 21.6. The fourth-order valence-corrected chi connectivity index (χ4v) is 6.67. The number of hydrogen-bond donors (Lipinski definition) is 2. The molecule has 42 heavy (non-hydrogen) atoms. The number of aromatic amines is 1. The first-order chi connectivity index (χ1) is 20.4. The van der Waals surface area contributed by atoms with E-state index in [1.807, 2.05) is 18.2 Å². The van der Waals surface area contributed by atoms with Gasteiger partial charge < -0.3 is 15.0 Å². The second-order valence-electron chi connectivity index (χ2n) is 11.7. The van der Waals surface area contributed by atoms with Gasteiger partial charge in [0.15, 0.2) is 0 Å². The maximum Gasteiger partial charge on any atom is 0.332 e. The number of ether oxygens (including phenoxy) is 1. The van der Waals surface area contributed by atoms with Crippen LogP contribution in [0.25, 0.3) is 10.9 Å². The Morgan fingerprint density at radius 1 is 1.02 bits per heavy atom. The number of aromatic nitrogens is 1. The number of hydrogen-bond acceptors (Lipinski definition) is 4. The van der Waals surface area contributed by atoms with Gasteiger partial charge >= 0.3 is 6.03 Å². The molecule has 3 aliphatic rings. The van der Waals surface area contributed by atoms with E-state index in [1.165, 1.54) is 10.5 Å². The van der Waals surface area contributed by atoms with Crippen LogP contribution in [0.15, 0.2) is 72.8 Å². The molecule has 0 aliphatic carbocycles. The number of H-pyrrole nitrogens is 1. The Bertz CT molecular complexity index is 1690. The van der Waals surface area contributed by atoms with Crippen molar-refractivity contribution in [1.82, 2.24) is 15.2 Å². The van der Waals surface area contributed by atoms with Crippen molar-refractivity contribution in [2.75, 3.05) is 18.1 Å². The number of nitrogens with zero attached hydrogens (tertiary/aromatic N) is 2. The predicted octanol–water partition coefficient (Wildman–Crippen LogP) is 5.68. The van der Waals surface area contributed by atoms with Crippen LogP contribution in [0.5, 0.6) is 0 Å². The Morgan fingerprint density at radius 2 is 1.79 bits per heavy atom. The van der Waals surface area contributed by atoms with Gasteiger partial charge in [0.1, 0.15) is 12.1 Å². The molecule has 2 fully saturated rings. The highest BCUT2D eigenvalue weighted by atomic mass is 16.5. The van der Waals surface area contributed by atoms with Gasteiger partial charge in [-0.3, -0.25) is 14.5 Å². The molecule has 4 heterocycles. The number of imide groups is 1. The zero-order valence-electron chi connectivity index (χ0n) is 23.8. The average molecular weight is 563 g/mol. The molecule has 2 N–H and O–H groups in total. The molecule has 3 aromatic carbocycles. The molecule has 4 amide bonds. The lowest BCUT2D eigenvalue weighted by Gasteiger charge is -2.36. The minimum absolute atomic E-state index is 0.0168. The number of anilines is 1. The average Bonchev–Trinajstić information content (AvgIpc) is 3.72. The van der Waals surface area contributed by atoms with E-state index in [2.05, 4.69) is 54.5 Å². The van der Waals surface area contributed by atoms with Gasteiger partial charge in [-0.1, -0.05) is 68.4 Å². The van der Waals surface area contributed by atoms with Crippen LogP contribution in [0.3, 0.4) is 0 Å². The zero-order valence-corrected chi connectivity index (χ0v) is 23.8. The number of fused-ring (bicyclic) bond motifs is 4. The van der Waals surface area contributed by atoms with Crippen molar-refractivity contribution in [2.24, 2.45) is 0 Å². The number of rotatable bonds is 6. The first-order valence-electron chi connectivity index (χ1n) is 14.8. The number of amides is 4. The summed E-state index contributed by atoms with van der Waals surface area (Å²) in [7, 11) is 0. The second kappa shape index (κ2) is 10.4. The van der Waals surface area contributed by atoms with Gasteiger partial charge in [0.25, 0.3) is 11.8 Å². The molecule has 1 aromatic heterocycles. The summed E-state index contributed by atoms with van der Waals surface area (Å²) in [6.07, 6.45) is 2.26. The van der Waals surface area contributed by atoms with E-state index in [-0.39, 0.29) is 17.9 Å². The molecule has 2 saturated heterocycles. The first-order valence-corrected chi connectivity index (χ1v) is 14.8. The molecule has 4 aromatic rings. The maximum absolute atomic E-state index is 14.3. The number of urea groups is 1. The lowest BCUT2D eigenvalue weighted by molar-refractivity contribution is -0.120. The molecular formula is C34H34N4O4. The van der Waals surface area contributed by atoms with E-state index in [0.29, 0.717) is 36.7 Å². The van der Waals surface area contributed by atoms with Crippen LogP contribution >= 0.6 is 0 Å². The number of para-hydroxylation sites is 2. The number of nitrogens with one attached hydrogen (secondary N) is 2. The number of benzene rings is 3. The normalized spacial score (nSPS) is 21.7. The van der Waals surface area contributed by atoms with Gasteiger partial charge in [-0.15, -0.1) is 0 Å². The molecule has 0 unspecified atom stereocenters. The van der Waals surface area contributed by atoms with Gasteiger partial charge in [-0.25, -0.2) is 9.69 Å². The Kier molecular flexibility index (Phi) is 6.58. The summed E-state index contributed by atoms with van der Waals surface area (Å²) in [6.45, 7) is 5.39. The second-order valence-corrected chi connectivity index (χ2v) is 11.7. The first kappa shape index (κ1) is 26.5. The summed E-state index contributed by atoms with van der Waals surface area (Å²) in [4.78, 5) is 48.3. The predicted molar refractivity (Wildman–Crippen MR) is 161 cm³/mol. The van der Waals surface area contributed by atoms with Crippen molar-refractivity contribution in [2.45, 2.75) is 57.2 Å². The minimum atomic E-state index is -0.693. The molecule has 0 spiro atoms. The van der Waals surface area contributed by atoms with E-state index in [4.69, 9.17) is 4.74 Å². The Morgan fingerprint density at radius 3 is 2.55 bits per heavy atom. The highest BCUT2D eigenvalue weighted by Crippen LogP contribution is 2.45. The highest BCUT2D eigenvalue weighted by Gasteiger charge is 2.53. The monoisotopic (exact) mass is 562 g/mol. The minimum Gasteiger partial charge on any atom is -0.376 e. The van der Waals surface area contributed by atoms with Gasteiger partial charge in [-0.05, 0) is 53.6 Å². The van der Waals surface area contributed by atoms with Crippen molar-refractivity contribution in [1.29, 1.82) is 0 Å². The molecule has 8 nitrogen and oxygen atoms in total. The molecular weight excluding hydrogens is 528 g/mol. The van der Waals surface area contributed by atoms with Gasteiger partial charge in [-0.2, -0.15) is 0 Å². The topological polar surface area (TPSA) is 94.7 Å². The highest BCUT2D eigenvalue weighted by molar-refractivity contribution is 6.24. The van der Waals surface area contributed by atoms with Crippen LogP contribution in [0.4, 0.5) is 10.5 Å². The molecule has 0 saturated carbocycles. The van der Waals surface area contributed by atoms with Crippen LogP contribution in [0.2, 0.25) is 0 Å². The number of carbonyl (C=O) groups excluding carboxylic acids is 3. The van der Waals surface area contributed by atoms with Crippen molar-refractivity contribution < 1.29 is 19.1 Å². The van der Waals surface area contributed by atoms with E-state index in [1.54, 1.807) is 29.2 Å². The van der Waals surface area contributed by atoms with Crippen LogP contribution < -0.4 is 10.2 Å². The lowest BCUT2D eigenvalue weighted by Crippen LogP contribution is -2.44. The summed E-state index contributed by atoms with van der Waals surface area (Å²) in [5.74, 6) is -0.280. The molecule has 0 bridgehead atoms. The van der Waals surface area contributed by atoms with E-state index < -0.39 is 18.1 Å². The third-order valence-electron chi connectivity index (χ3n) is 8.87. The summed E-state index contributed by atoms with van der Waals surface area (Å²) in [5, 5.41) is 4.00. The molecule has 0 radical (unpaired) electrons. The molecule has 8 heteroatoms. The maximum atomic E-state index is 14.3. The lowest BCUT2D eigenvalue weighted by atomic mass is 9.88. The summed E-state index contributed by atoms with van der Waals surface area (Å²) in [5.41, 5.74) is 5.69. The van der Waals surface area contributed by atoms with E-state index in [0.717, 1.165) is 40.6 Å². The smallest absolute Gasteiger partial charge is 0.332 e. The van der Waals surface area contributed by atoms with Crippen LogP contribution in [0.1, 0.15) is 71.4 Å². The molecule has 7 rings (SSSR count). The van der Waals surface area contributed by atoms with E-state index in [9.17, 15) is 14.4 Å². The molecule has 3 atom stereocenters. The molecule has 3 aliphatic heterocycles. The fraction of sp³-hybridized carbons (Fsp3) is 0.324. The van der Waals surface area contributed by atoms with Crippen LogP contribution in [-0.4, -0.2) is 53.0 Å². The fourth-order valence-electron chi connectivity index (χ4n) is 6.67. The Balaban J connectivity index is 1.28. The standard InChI is InChI=1S/C34H34N4O4/c1-20(2)21-13-15-22(16-14-21)31-30-26(24-9-3-5-11-27(24)36-30)18-29-33(40)38(34(41)37(29)31)28-12-6-4-10-25(28)32(39)35-19-23-8-7-17-42-23/h3-6,9-16,20,23,29,31,36H,7-8,17-19H2,1-2H3,(H,35,39)/t23-,29+,31+/m1/s1. The van der Waals surface area contributed by atoms with Gasteiger partial charge in [0.05, 0.1) is 17.4 Å². The quantitative estimate of drug-likeness (QED) is 0.296. The largest absolute Gasteiger partial charge is 0.376 e. The van der Waals surface area contributed by atoms with Crippen LogP contribution in [0, 0.1) is 0 Å². The van der Waals surface area contributed by atoms with E-state index >= 15 is 0 Å². The summed E-state index contributed by atoms with van der Waals surface area (Å²) < 4.78 is 5.65. The summed E-state index contributed by atoms with van der Waals surface area (Å²) >= 11 is 0. The van der Waals surface area contributed by atoms with Crippen LogP contribution in [-0.2, 0) is 16.0 Å². The van der Waals surface area contributed by atoms with Crippen molar-refractivity contribution in [3.05, 3.63) is 101 Å². The van der Waals surface area contributed by atoms with Crippen molar-refractivity contribution in [3.63, 3.8) is 0 Å². The molecule has 214 valence electrons. The van der Waals surface area contributed by atoms with Gasteiger partial charge in [0.2, 0.25) is 0 Å². The van der Waals surface area contributed by atoms with Crippen molar-refractivity contribution in [3.8, 4) is 0 Å².